The summed E-state index contributed by atoms with van der Waals surface area (Å²) < 4.78 is 13.0. The minimum absolute atomic E-state index is 0.266. The van der Waals surface area contributed by atoms with E-state index in [1.165, 1.54) is 5.69 Å². The van der Waals surface area contributed by atoms with Crippen LogP contribution in [0.5, 0.6) is 5.88 Å². The Morgan fingerprint density at radius 1 is 1.20 bits per heavy atom. The molecule has 2 heterocycles. The molecule has 0 aliphatic carbocycles. The van der Waals surface area contributed by atoms with Gasteiger partial charge in [-0.1, -0.05) is 0 Å². The summed E-state index contributed by atoms with van der Waals surface area (Å²) >= 11 is 0. The van der Waals surface area contributed by atoms with E-state index in [4.69, 9.17) is 9.47 Å². The van der Waals surface area contributed by atoms with Gasteiger partial charge in [-0.25, -0.2) is 4.68 Å². The average Bonchev–Trinajstić information content (AvgIpc) is 2.85. The molecule has 6 nitrogen and oxygen atoms in total. The molecule has 136 valence electrons. The number of morpholine rings is 1. The molecule has 0 bridgehead atoms. The quantitative estimate of drug-likeness (QED) is 0.904. The van der Waals surface area contributed by atoms with E-state index in [9.17, 15) is 0 Å². The maximum atomic E-state index is 5.81. The zero-order valence-electron chi connectivity index (χ0n) is 15.7. The summed E-state index contributed by atoms with van der Waals surface area (Å²) in [5.41, 5.74) is 4.40. The van der Waals surface area contributed by atoms with Crippen molar-refractivity contribution in [3.05, 3.63) is 35.5 Å². The van der Waals surface area contributed by atoms with Crippen molar-refractivity contribution in [1.29, 1.82) is 0 Å². The highest BCUT2D eigenvalue weighted by Crippen LogP contribution is 2.25. The van der Waals surface area contributed by atoms with E-state index >= 15 is 0 Å². The van der Waals surface area contributed by atoms with Crippen molar-refractivity contribution in [2.45, 2.75) is 39.5 Å². The van der Waals surface area contributed by atoms with Crippen molar-refractivity contribution in [1.82, 2.24) is 9.78 Å². The molecule has 3 rings (SSSR count). The van der Waals surface area contributed by atoms with Crippen molar-refractivity contribution in [2.24, 2.45) is 7.05 Å². The van der Waals surface area contributed by atoms with Gasteiger partial charge in [0.1, 0.15) is 0 Å². The Balaban J connectivity index is 1.65. The lowest BCUT2D eigenvalue weighted by Gasteiger charge is -2.36. The monoisotopic (exact) mass is 344 g/mol. The Labute approximate surface area is 149 Å². The number of anilines is 2. The predicted octanol–water partition coefficient (Wildman–Crippen LogP) is 2.96. The molecule has 6 heteroatoms. The van der Waals surface area contributed by atoms with Gasteiger partial charge in [0.05, 0.1) is 30.6 Å². The SMILES string of the molecule is COc1c(CNc2ccc(N3CC(C)OC(C)C3)cc2)c(C)nn1C. The number of hydrogen-bond donors (Lipinski definition) is 1. The van der Waals surface area contributed by atoms with Crippen LogP contribution in [-0.4, -0.2) is 42.2 Å². The first-order valence-corrected chi connectivity index (χ1v) is 8.78. The molecule has 0 amide bonds. The third kappa shape index (κ3) is 3.90. The second kappa shape index (κ2) is 7.35. The van der Waals surface area contributed by atoms with E-state index in [0.717, 1.165) is 35.9 Å². The first-order chi connectivity index (χ1) is 12.0. The Morgan fingerprint density at radius 3 is 2.44 bits per heavy atom. The molecule has 1 aromatic heterocycles. The third-order valence-electron chi connectivity index (χ3n) is 4.60. The number of ether oxygens (including phenoxy) is 2. The lowest BCUT2D eigenvalue weighted by Crippen LogP contribution is -2.45. The summed E-state index contributed by atoms with van der Waals surface area (Å²) in [5, 5.41) is 7.88. The van der Waals surface area contributed by atoms with Crippen LogP contribution in [-0.2, 0) is 18.3 Å². The largest absolute Gasteiger partial charge is 0.481 e. The highest BCUT2D eigenvalue weighted by atomic mass is 16.5. The molecular formula is C19H28N4O2. The normalized spacial score (nSPS) is 20.6. The summed E-state index contributed by atoms with van der Waals surface area (Å²) in [4.78, 5) is 2.39. The number of nitrogens with zero attached hydrogens (tertiary/aromatic N) is 3. The fourth-order valence-electron chi connectivity index (χ4n) is 3.51. The summed E-state index contributed by atoms with van der Waals surface area (Å²) in [6.45, 7) is 8.81. The zero-order chi connectivity index (χ0) is 18.0. The van der Waals surface area contributed by atoms with Crippen LogP contribution in [0.15, 0.2) is 24.3 Å². The fraction of sp³-hybridized carbons (Fsp3) is 0.526. The van der Waals surface area contributed by atoms with Crippen LogP contribution < -0.4 is 15.0 Å². The van der Waals surface area contributed by atoms with E-state index in [2.05, 4.69) is 53.4 Å². The van der Waals surface area contributed by atoms with Crippen molar-refractivity contribution < 1.29 is 9.47 Å². The lowest BCUT2D eigenvalue weighted by atomic mass is 10.2. The molecular weight excluding hydrogens is 316 g/mol. The van der Waals surface area contributed by atoms with Crippen LogP contribution in [0.2, 0.25) is 0 Å². The van der Waals surface area contributed by atoms with Gasteiger partial charge in [0.25, 0.3) is 0 Å². The van der Waals surface area contributed by atoms with Gasteiger partial charge in [-0.15, -0.1) is 0 Å². The van der Waals surface area contributed by atoms with E-state index in [0.29, 0.717) is 6.54 Å². The Kier molecular flexibility index (Phi) is 5.18. The Morgan fingerprint density at radius 2 is 1.84 bits per heavy atom. The molecule has 25 heavy (non-hydrogen) atoms. The lowest BCUT2D eigenvalue weighted by molar-refractivity contribution is -0.00521. The van der Waals surface area contributed by atoms with Crippen molar-refractivity contribution in [3.8, 4) is 5.88 Å². The molecule has 0 radical (unpaired) electrons. The zero-order valence-corrected chi connectivity index (χ0v) is 15.7. The molecule has 0 saturated carbocycles. The molecule has 2 atom stereocenters. The van der Waals surface area contributed by atoms with E-state index in [1.54, 1.807) is 11.8 Å². The van der Waals surface area contributed by atoms with Gasteiger partial charge in [-0.3, -0.25) is 0 Å². The highest BCUT2D eigenvalue weighted by Gasteiger charge is 2.22. The highest BCUT2D eigenvalue weighted by molar-refractivity contribution is 5.56. The second-order valence-electron chi connectivity index (χ2n) is 6.76. The second-order valence-corrected chi connectivity index (χ2v) is 6.76. The summed E-state index contributed by atoms with van der Waals surface area (Å²) in [6.07, 6.45) is 0.533. The molecule has 2 aromatic rings. The maximum Gasteiger partial charge on any atom is 0.216 e. The van der Waals surface area contributed by atoms with Crippen LogP contribution >= 0.6 is 0 Å². The van der Waals surface area contributed by atoms with Crippen molar-refractivity contribution in [3.63, 3.8) is 0 Å². The topological polar surface area (TPSA) is 51.6 Å². The standard InChI is InChI=1S/C19H28N4O2/c1-13-11-23(12-14(2)25-13)17-8-6-16(7-9-17)20-10-18-15(3)21-22(4)19(18)24-5/h6-9,13-14,20H,10-12H2,1-5H3. The predicted molar refractivity (Wildman–Crippen MR) is 100 cm³/mol. The molecule has 0 spiro atoms. The Hall–Kier alpha value is -2.21. The van der Waals surface area contributed by atoms with Crippen LogP contribution in [0, 0.1) is 6.92 Å². The van der Waals surface area contributed by atoms with Crippen LogP contribution in [0.1, 0.15) is 25.1 Å². The van der Waals surface area contributed by atoms with Crippen molar-refractivity contribution in [2.75, 3.05) is 30.4 Å². The maximum absolute atomic E-state index is 5.81. The van der Waals surface area contributed by atoms with Gasteiger partial charge in [-0.2, -0.15) is 5.10 Å². The number of aryl methyl sites for hydroxylation is 2. The van der Waals surface area contributed by atoms with Gasteiger partial charge < -0.3 is 19.7 Å². The van der Waals surface area contributed by atoms with Gasteiger partial charge in [-0.05, 0) is 45.0 Å². The fourth-order valence-corrected chi connectivity index (χ4v) is 3.51. The number of methoxy groups -OCH3 is 1. The van der Waals surface area contributed by atoms with E-state index < -0.39 is 0 Å². The Bertz CT molecular complexity index is 701. The first-order valence-electron chi connectivity index (χ1n) is 8.78. The van der Waals surface area contributed by atoms with E-state index in [1.807, 2.05) is 14.0 Å². The van der Waals surface area contributed by atoms with Crippen LogP contribution in [0.4, 0.5) is 11.4 Å². The minimum atomic E-state index is 0.266. The number of nitrogens with one attached hydrogen (secondary N) is 1. The molecule has 1 N–H and O–H groups in total. The summed E-state index contributed by atoms with van der Waals surface area (Å²) in [7, 11) is 3.58. The summed E-state index contributed by atoms with van der Waals surface area (Å²) in [6, 6.07) is 8.58. The number of benzene rings is 1. The van der Waals surface area contributed by atoms with Gasteiger partial charge in [0.15, 0.2) is 0 Å². The van der Waals surface area contributed by atoms with Crippen molar-refractivity contribution >= 4 is 11.4 Å². The van der Waals surface area contributed by atoms with E-state index in [-0.39, 0.29) is 12.2 Å². The number of rotatable bonds is 5. The van der Waals surface area contributed by atoms with Gasteiger partial charge in [0, 0.05) is 38.1 Å². The summed E-state index contributed by atoms with van der Waals surface area (Å²) in [5.74, 6) is 0.804. The van der Waals surface area contributed by atoms with Crippen LogP contribution in [0.3, 0.4) is 0 Å². The van der Waals surface area contributed by atoms with Crippen LogP contribution in [0.25, 0.3) is 0 Å². The molecule has 1 aliphatic rings. The average molecular weight is 344 g/mol. The minimum Gasteiger partial charge on any atom is -0.481 e. The van der Waals surface area contributed by atoms with Gasteiger partial charge >= 0.3 is 0 Å². The third-order valence-corrected chi connectivity index (χ3v) is 4.60. The molecule has 1 aliphatic heterocycles. The molecule has 1 saturated heterocycles. The molecule has 1 fully saturated rings. The smallest absolute Gasteiger partial charge is 0.216 e. The van der Waals surface area contributed by atoms with Gasteiger partial charge in [0.2, 0.25) is 5.88 Å². The first kappa shape index (κ1) is 17.6. The number of aromatic nitrogens is 2. The molecule has 1 aromatic carbocycles. The number of hydrogen-bond acceptors (Lipinski definition) is 5. The molecule has 2 unspecified atom stereocenters.